The number of carbonyl (C=O) groups excluding carboxylic acids is 1. The molecule has 1 N–H and O–H groups in total. The van der Waals surface area contributed by atoms with E-state index in [1.54, 1.807) is 0 Å². The van der Waals surface area contributed by atoms with Crippen molar-refractivity contribution >= 4 is 5.91 Å². The lowest BCUT2D eigenvalue weighted by molar-refractivity contribution is -0.122. The van der Waals surface area contributed by atoms with Crippen LogP contribution in [0.2, 0.25) is 0 Å². The highest BCUT2D eigenvalue weighted by Crippen LogP contribution is 2.31. The number of carbonyl (C=O) groups is 1. The van der Waals surface area contributed by atoms with Gasteiger partial charge in [0.05, 0.1) is 5.92 Å². The Kier molecular flexibility index (Phi) is 3.32. The summed E-state index contributed by atoms with van der Waals surface area (Å²) in [5.74, 6) is 0.511. The van der Waals surface area contributed by atoms with Crippen molar-refractivity contribution < 1.29 is 4.79 Å². The van der Waals surface area contributed by atoms with Gasteiger partial charge in [0.2, 0.25) is 5.91 Å². The number of hydrogen-bond donors (Lipinski definition) is 1. The van der Waals surface area contributed by atoms with Crippen LogP contribution in [0.1, 0.15) is 17.0 Å². The van der Waals surface area contributed by atoms with Gasteiger partial charge in [-0.25, -0.2) is 0 Å². The molecule has 1 saturated heterocycles. The summed E-state index contributed by atoms with van der Waals surface area (Å²) in [5.41, 5.74) is 2.48. The van der Waals surface area contributed by atoms with E-state index in [1.165, 1.54) is 11.1 Å². The molecule has 96 valence electrons. The van der Waals surface area contributed by atoms with Crippen molar-refractivity contribution in [2.24, 2.45) is 5.92 Å². The van der Waals surface area contributed by atoms with Gasteiger partial charge in [-0.1, -0.05) is 60.7 Å². The molecule has 0 spiro atoms. The summed E-state index contributed by atoms with van der Waals surface area (Å²) < 4.78 is 0. The van der Waals surface area contributed by atoms with Crippen LogP contribution in [0.3, 0.4) is 0 Å². The third-order valence-corrected chi connectivity index (χ3v) is 3.84. The summed E-state index contributed by atoms with van der Waals surface area (Å²) >= 11 is 0. The predicted octanol–water partition coefficient (Wildman–Crippen LogP) is 2.76. The fourth-order valence-corrected chi connectivity index (χ4v) is 2.82. The summed E-state index contributed by atoms with van der Waals surface area (Å²) in [6, 6.07) is 20.6. The lowest BCUT2D eigenvalue weighted by Gasteiger charge is -2.17. The molecule has 3 rings (SSSR count). The maximum Gasteiger partial charge on any atom is 0.224 e. The average Bonchev–Trinajstić information content (AvgIpc) is 2.82. The summed E-state index contributed by atoms with van der Waals surface area (Å²) in [4.78, 5) is 12.1. The van der Waals surface area contributed by atoms with Gasteiger partial charge in [0.15, 0.2) is 0 Å². The largest absolute Gasteiger partial charge is 0.355 e. The first kappa shape index (κ1) is 12.0. The molecule has 2 unspecified atom stereocenters. The van der Waals surface area contributed by atoms with Crippen molar-refractivity contribution in [2.45, 2.75) is 12.3 Å². The summed E-state index contributed by atoms with van der Waals surface area (Å²) in [6.45, 7) is 0.750. The average molecular weight is 251 g/mol. The van der Waals surface area contributed by atoms with E-state index >= 15 is 0 Å². The Labute approximate surface area is 113 Å². The maximum atomic E-state index is 12.1. The first-order valence-electron chi connectivity index (χ1n) is 6.71. The fraction of sp³-hybridized carbons (Fsp3) is 0.235. The second-order valence-corrected chi connectivity index (χ2v) is 5.06. The third-order valence-electron chi connectivity index (χ3n) is 3.84. The van der Waals surface area contributed by atoms with E-state index in [0.717, 1.165) is 13.0 Å². The van der Waals surface area contributed by atoms with Crippen LogP contribution in [0.4, 0.5) is 0 Å². The van der Waals surface area contributed by atoms with Crippen molar-refractivity contribution in [3.8, 4) is 0 Å². The van der Waals surface area contributed by atoms with Gasteiger partial charge in [0.1, 0.15) is 0 Å². The normalized spacial score (nSPS) is 22.2. The second kappa shape index (κ2) is 5.27. The smallest absolute Gasteiger partial charge is 0.224 e. The van der Waals surface area contributed by atoms with Crippen LogP contribution >= 0.6 is 0 Å². The highest BCUT2D eigenvalue weighted by molar-refractivity contribution is 5.82. The van der Waals surface area contributed by atoms with Crippen molar-refractivity contribution in [3.63, 3.8) is 0 Å². The molecular weight excluding hydrogens is 234 g/mol. The third kappa shape index (κ3) is 2.53. The van der Waals surface area contributed by atoms with Crippen LogP contribution in [0.5, 0.6) is 0 Å². The van der Waals surface area contributed by atoms with Gasteiger partial charge >= 0.3 is 0 Å². The number of nitrogens with one attached hydrogen (secondary N) is 1. The molecule has 1 amide bonds. The van der Waals surface area contributed by atoms with E-state index in [4.69, 9.17) is 0 Å². The van der Waals surface area contributed by atoms with E-state index in [1.807, 2.05) is 36.4 Å². The van der Waals surface area contributed by atoms with Crippen LogP contribution in [0.15, 0.2) is 60.7 Å². The van der Waals surface area contributed by atoms with E-state index < -0.39 is 0 Å². The molecule has 2 heteroatoms. The Balaban J connectivity index is 1.83. The number of benzene rings is 2. The Morgan fingerprint density at radius 3 is 2.26 bits per heavy atom. The molecule has 2 atom stereocenters. The molecule has 1 aliphatic rings. The zero-order chi connectivity index (χ0) is 13.1. The minimum atomic E-state index is 0.0461. The lowest BCUT2D eigenvalue weighted by Crippen LogP contribution is -2.21. The minimum absolute atomic E-state index is 0.0461. The molecular formula is C17H17NO. The standard InChI is InChI=1S/C17H17NO/c19-17-15(11-13-7-3-1-4-8-13)16(12-18-17)14-9-5-2-6-10-14/h1-10,15-16H,11-12H2,(H,18,19). The monoisotopic (exact) mass is 251 g/mol. The number of rotatable bonds is 3. The van der Waals surface area contributed by atoms with Crippen molar-refractivity contribution in [1.29, 1.82) is 0 Å². The molecule has 0 aliphatic carbocycles. The topological polar surface area (TPSA) is 29.1 Å². The van der Waals surface area contributed by atoms with Crippen molar-refractivity contribution in [1.82, 2.24) is 5.32 Å². The van der Waals surface area contributed by atoms with Crippen LogP contribution in [0.25, 0.3) is 0 Å². The summed E-state index contributed by atoms with van der Waals surface area (Å²) in [5, 5.41) is 3.00. The quantitative estimate of drug-likeness (QED) is 0.893. The van der Waals surface area contributed by atoms with Gasteiger partial charge in [-0.2, -0.15) is 0 Å². The van der Waals surface area contributed by atoms with Gasteiger partial charge in [-0.3, -0.25) is 4.79 Å². The Hall–Kier alpha value is -2.09. The Bertz CT molecular complexity index is 550. The zero-order valence-electron chi connectivity index (χ0n) is 10.8. The number of amides is 1. The molecule has 0 bridgehead atoms. The van der Waals surface area contributed by atoms with Gasteiger partial charge in [0, 0.05) is 12.5 Å². The molecule has 19 heavy (non-hydrogen) atoms. The first-order chi connectivity index (χ1) is 9.34. The molecule has 0 saturated carbocycles. The zero-order valence-corrected chi connectivity index (χ0v) is 10.8. The van der Waals surface area contributed by atoms with Gasteiger partial charge in [-0.05, 0) is 17.5 Å². The van der Waals surface area contributed by atoms with E-state index in [0.29, 0.717) is 0 Å². The van der Waals surface area contributed by atoms with E-state index in [2.05, 4.69) is 29.6 Å². The molecule has 2 aromatic carbocycles. The molecule has 1 aliphatic heterocycles. The van der Waals surface area contributed by atoms with Gasteiger partial charge in [0.25, 0.3) is 0 Å². The van der Waals surface area contributed by atoms with Crippen LogP contribution in [-0.2, 0) is 11.2 Å². The summed E-state index contributed by atoms with van der Waals surface area (Å²) in [7, 11) is 0. The Morgan fingerprint density at radius 2 is 1.58 bits per heavy atom. The lowest BCUT2D eigenvalue weighted by atomic mass is 9.84. The second-order valence-electron chi connectivity index (χ2n) is 5.06. The molecule has 2 nitrogen and oxygen atoms in total. The van der Waals surface area contributed by atoms with Gasteiger partial charge < -0.3 is 5.32 Å². The Morgan fingerprint density at radius 1 is 0.947 bits per heavy atom. The molecule has 1 fully saturated rings. The highest BCUT2D eigenvalue weighted by Gasteiger charge is 2.35. The van der Waals surface area contributed by atoms with E-state index in [-0.39, 0.29) is 17.7 Å². The molecule has 0 aromatic heterocycles. The molecule has 1 heterocycles. The van der Waals surface area contributed by atoms with Crippen LogP contribution < -0.4 is 5.32 Å². The van der Waals surface area contributed by atoms with Crippen molar-refractivity contribution in [3.05, 3.63) is 71.8 Å². The van der Waals surface area contributed by atoms with Crippen molar-refractivity contribution in [2.75, 3.05) is 6.54 Å². The number of hydrogen-bond acceptors (Lipinski definition) is 1. The highest BCUT2D eigenvalue weighted by atomic mass is 16.2. The SMILES string of the molecule is O=C1NCC(c2ccccc2)C1Cc1ccccc1. The van der Waals surface area contributed by atoms with Crippen LogP contribution in [0, 0.1) is 5.92 Å². The predicted molar refractivity (Wildman–Crippen MR) is 75.8 cm³/mol. The summed E-state index contributed by atoms with van der Waals surface area (Å²) in [6.07, 6.45) is 0.812. The minimum Gasteiger partial charge on any atom is -0.355 e. The maximum absolute atomic E-state index is 12.1. The van der Waals surface area contributed by atoms with E-state index in [9.17, 15) is 4.79 Å². The van der Waals surface area contributed by atoms with Crippen LogP contribution in [-0.4, -0.2) is 12.5 Å². The first-order valence-corrected chi connectivity index (χ1v) is 6.71. The van der Waals surface area contributed by atoms with Gasteiger partial charge in [-0.15, -0.1) is 0 Å². The fourth-order valence-electron chi connectivity index (χ4n) is 2.82. The molecule has 2 aromatic rings. The molecule has 0 radical (unpaired) electrons.